The van der Waals surface area contributed by atoms with Crippen LogP contribution in [0.2, 0.25) is 0 Å². The maximum absolute atomic E-state index is 12.2. The van der Waals surface area contributed by atoms with Crippen LogP contribution < -0.4 is 10.9 Å². The van der Waals surface area contributed by atoms with Crippen LogP contribution in [-0.2, 0) is 20.1 Å². The summed E-state index contributed by atoms with van der Waals surface area (Å²) in [6.07, 6.45) is 0. The van der Waals surface area contributed by atoms with E-state index in [-0.39, 0.29) is 17.2 Å². The fourth-order valence-electron chi connectivity index (χ4n) is 2.17. The molecule has 0 bridgehead atoms. The molecule has 0 aliphatic heterocycles. The lowest BCUT2D eigenvalue weighted by Crippen LogP contribution is -2.44. The molecule has 27 heavy (non-hydrogen) atoms. The zero-order chi connectivity index (χ0) is 19.6. The van der Waals surface area contributed by atoms with Crippen LogP contribution in [0.5, 0.6) is 0 Å². The average Bonchev–Trinajstić information content (AvgIpc) is 2.65. The second-order valence-corrected chi connectivity index (χ2v) is 7.62. The Hall–Kier alpha value is -2.26. The first-order chi connectivity index (χ1) is 13.0. The van der Waals surface area contributed by atoms with E-state index in [1.807, 2.05) is 30.3 Å². The van der Waals surface area contributed by atoms with E-state index in [0.29, 0.717) is 16.6 Å². The summed E-state index contributed by atoms with van der Waals surface area (Å²) in [5.74, 6) is 0.338. The molecule has 144 valence electrons. The summed E-state index contributed by atoms with van der Waals surface area (Å²) in [5.41, 5.74) is 1.45. The van der Waals surface area contributed by atoms with Gasteiger partial charge in [0.15, 0.2) is 5.16 Å². The van der Waals surface area contributed by atoms with Crippen molar-refractivity contribution in [2.45, 2.75) is 23.9 Å². The highest BCUT2D eigenvalue weighted by molar-refractivity contribution is 7.99. The van der Waals surface area contributed by atoms with Crippen molar-refractivity contribution in [3.05, 3.63) is 58.0 Å². The van der Waals surface area contributed by atoms with Gasteiger partial charge in [0.25, 0.3) is 5.56 Å². The number of carbonyl (C=O) groups is 2. The van der Waals surface area contributed by atoms with Gasteiger partial charge in [0.2, 0.25) is 5.91 Å². The van der Waals surface area contributed by atoms with E-state index < -0.39 is 12.0 Å². The van der Waals surface area contributed by atoms with Crippen LogP contribution in [-0.4, -0.2) is 46.5 Å². The quantitative estimate of drug-likeness (QED) is 0.371. The molecule has 0 fully saturated rings. The Morgan fingerprint density at radius 1 is 1.30 bits per heavy atom. The first-order valence-electron chi connectivity index (χ1n) is 8.17. The van der Waals surface area contributed by atoms with Gasteiger partial charge in [-0.25, -0.2) is 9.78 Å². The molecule has 0 aliphatic carbocycles. The Labute approximate surface area is 165 Å². The number of benzene rings is 1. The molecule has 0 radical (unpaired) electrons. The van der Waals surface area contributed by atoms with E-state index >= 15 is 0 Å². The number of aromatic amines is 1. The largest absolute Gasteiger partial charge is 0.467 e. The van der Waals surface area contributed by atoms with Crippen LogP contribution >= 0.6 is 23.5 Å². The summed E-state index contributed by atoms with van der Waals surface area (Å²) in [6, 6.07) is 10.5. The Bertz CT molecular complexity index is 827. The standard InChI is InChI=1S/C18H21N3O4S2/c1-12-8-15(22)21-18(19-12)27-11-16(23)20-14(17(24)25-2)10-26-9-13-6-4-3-5-7-13/h3-8,14H,9-11H2,1-2H3,(H,20,23)(H,19,21,22)/t14-/m0/s1. The third-order valence-corrected chi connectivity index (χ3v) is 5.38. The molecule has 0 spiro atoms. The maximum Gasteiger partial charge on any atom is 0.329 e. The summed E-state index contributed by atoms with van der Waals surface area (Å²) in [7, 11) is 1.29. The number of nitrogens with one attached hydrogen (secondary N) is 2. The molecule has 2 rings (SSSR count). The zero-order valence-electron chi connectivity index (χ0n) is 15.1. The van der Waals surface area contributed by atoms with Crippen molar-refractivity contribution in [1.29, 1.82) is 0 Å². The number of ether oxygens (including phenoxy) is 1. The summed E-state index contributed by atoms with van der Waals surface area (Å²) in [6.45, 7) is 1.70. The van der Waals surface area contributed by atoms with Gasteiger partial charge in [-0.2, -0.15) is 11.8 Å². The summed E-state index contributed by atoms with van der Waals surface area (Å²) >= 11 is 2.64. The van der Waals surface area contributed by atoms with Gasteiger partial charge in [-0.3, -0.25) is 9.59 Å². The number of aromatic nitrogens is 2. The number of aryl methyl sites for hydroxylation is 1. The van der Waals surface area contributed by atoms with Gasteiger partial charge in [0.05, 0.1) is 12.9 Å². The van der Waals surface area contributed by atoms with Crippen LogP contribution in [0, 0.1) is 6.92 Å². The molecular weight excluding hydrogens is 386 g/mol. The van der Waals surface area contributed by atoms with Crippen LogP contribution in [0.1, 0.15) is 11.3 Å². The number of esters is 1. The molecule has 0 unspecified atom stereocenters. The molecule has 2 N–H and O–H groups in total. The molecule has 1 amide bonds. The van der Waals surface area contributed by atoms with Gasteiger partial charge < -0.3 is 15.0 Å². The minimum atomic E-state index is -0.735. The van der Waals surface area contributed by atoms with Gasteiger partial charge in [0, 0.05) is 23.3 Å². The number of thioether (sulfide) groups is 2. The van der Waals surface area contributed by atoms with Crippen molar-refractivity contribution in [3.63, 3.8) is 0 Å². The van der Waals surface area contributed by atoms with Gasteiger partial charge in [-0.1, -0.05) is 42.1 Å². The molecule has 9 heteroatoms. The highest BCUT2D eigenvalue weighted by Crippen LogP contribution is 2.14. The SMILES string of the molecule is COC(=O)[C@H](CSCc1ccccc1)NC(=O)CSc1nc(C)cc(=O)[nH]1. The third-order valence-electron chi connectivity index (χ3n) is 3.40. The Morgan fingerprint density at radius 3 is 2.70 bits per heavy atom. The van der Waals surface area contributed by atoms with Crippen molar-refractivity contribution < 1.29 is 14.3 Å². The van der Waals surface area contributed by atoms with Crippen LogP contribution in [0.15, 0.2) is 46.3 Å². The van der Waals surface area contributed by atoms with Crippen LogP contribution in [0.25, 0.3) is 0 Å². The molecule has 0 saturated carbocycles. The number of H-pyrrole nitrogens is 1. The van der Waals surface area contributed by atoms with Crippen LogP contribution in [0.3, 0.4) is 0 Å². The van der Waals surface area contributed by atoms with Crippen molar-refractivity contribution in [2.75, 3.05) is 18.6 Å². The van der Waals surface area contributed by atoms with Crippen molar-refractivity contribution in [2.24, 2.45) is 0 Å². The lowest BCUT2D eigenvalue weighted by atomic mass is 10.2. The number of amides is 1. The number of hydrogen-bond donors (Lipinski definition) is 2. The van der Waals surface area contributed by atoms with E-state index in [1.165, 1.54) is 24.9 Å². The molecule has 2 aromatic rings. The Balaban J connectivity index is 1.85. The first-order valence-corrected chi connectivity index (χ1v) is 10.3. The average molecular weight is 408 g/mol. The van der Waals surface area contributed by atoms with Gasteiger partial charge >= 0.3 is 5.97 Å². The van der Waals surface area contributed by atoms with Crippen molar-refractivity contribution in [1.82, 2.24) is 15.3 Å². The summed E-state index contributed by atoms with van der Waals surface area (Å²) < 4.78 is 4.78. The van der Waals surface area contributed by atoms with Crippen molar-refractivity contribution in [3.8, 4) is 0 Å². The first kappa shape index (κ1) is 21.0. The fraction of sp³-hybridized carbons (Fsp3) is 0.333. The zero-order valence-corrected chi connectivity index (χ0v) is 16.7. The monoisotopic (exact) mass is 407 g/mol. The van der Waals surface area contributed by atoms with Gasteiger partial charge in [-0.15, -0.1) is 0 Å². The third kappa shape index (κ3) is 7.48. The van der Waals surface area contributed by atoms with Gasteiger partial charge in [0.1, 0.15) is 6.04 Å². The van der Waals surface area contributed by atoms with E-state index in [9.17, 15) is 14.4 Å². The number of methoxy groups -OCH3 is 1. The van der Waals surface area contributed by atoms with E-state index in [2.05, 4.69) is 15.3 Å². The predicted octanol–water partition coefficient (Wildman–Crippen LogP) is 1.76. The number of nitrogens with zero attached hydrogens (tertiary/aromatic N) is 1. The minimum absolute atomic E-state index is 0.0310. The smallest absolute Gasteiger partial charge is 0.329 e. The van der Waals surface area contributed by atoms with E-state index in [1.54, 1.807) is 6.92 Å². The topological polar surface area (TPSA) is 101 Å². The normalized spacial score (nSPS) is 11.6. The lowest BCUT2D eigenvalue weighted by Gasteiger charge is -2.16. The van der Waals surface area contributed by atoms with E-state index in [4.69, 9.17) is 4.74 Å². The number of carbonyl (C=O) groups excluding carboxylic acids is 2. The predicted molar refractivity (Wildman–Crippen MR) is 107 cm³/mol. The molecule has 1 aromatic carbocycles. The maximum atomic E-state index is 12.2. The molecule has 1 atom stereocenters. The van der Waals surface area contributed by atoms with E-state index in [0.717, 1.165) is 23.1 Å². The molecular formula is C18H21N3O4S2. The summed E-state index contributed by atoms with van der Waals surface area (Å²) in [4.78, 5) is 42.3. The highest BCUT2D eigenvalue weighted by Gasteiger charge is 2.21. The Kier molecular flexibility index (Phi) is 8.41. The second kappa shape index (κ2) is 10.8. The molecule has 1 heterocycles. The molecule has 1 aromatic heterocycles. The summed E-state index contributed by atoms with van der Waals surface area (Å²) in [5, 5.41) is 3.04. The highest BCUT2D eigenvalue weighted by atomic mass is 32.2. The number of hydrogen-bond acceptors (Lipinski definition) is 7. The van der Waals surface area contributed by atoms with Gasteiger partial charge in [-0.05, 0) is 12.5 Å². The van der Waals surface area contributed by atoms with Crippen LogP contribution in [0.4, 0.5) is 0 Å². The second-order valence-electron chi connectivity index (χ2n) is 5.62. The Morgan fingerprint density at radius 2 is 2.04 bits per heavy atom. The fourth-order valence-corrected chi connectivity index (χ4v) is 3.90. The lowest BCUT2D eigenvalue weighted by molar-refractivity contribution is -0.144. The molecule has 7 nitrogen and oxygen atoms in total. The molecule has 0 saturated heterocycles. The molecule has 0 aliphatic rings. The van der Waals surface area contributed by atoms with Crippen molar-refractivity contribution >= 4 is 35.4 Å². The minimum Gasteiger partial charge on any atom is -0.467 e. The number of rotatable bonds is 9.